The zero-order valence-corrected chi connectivity index (χ0v) is 6.92. The highest BCUT2D eigenvalue weighted by Crippen LogP contribution is 2.21. The first-order valence-electron chi connectivity index (χ1n) is 3.75. The summed E-state index contributed by atoms with van der Waals surface area (Å²) in [4.78, 5) is 0. The monoisotopic (exact) mass is 169 g/mol. The summed E-state index contributed by atoms with van der Waals surface area (Å²) >= 11 is 0. The Morgan fingerprint density at radius 1 is 1.50 bits per heavy atom. The maximum atomic E-state index is 13.1. The van der Waals surface area contributed by atoms with Crippen LogP contribution in [0.5, 0.6) is 0 Å². The first-order chi connectivity index (χ1) is 5.58. The van der Waals surface area contributed by atoms with Crippen molar-refractivity contribution in [2.45, 2.75) is 12.5 Å². The molecule has 66 valence electrons. The number of halogens is 1. The Kier molecular flexibility index (Phi) is 2.45. The van der Waals surface area contributed by atoms with Gasteiger partial charge in [0.1, 0.15) is 11.4 Å². The van der Waals surface area contributed by atoms with Crippen LogP contribution in [-0.2, 0) is 5.60 Å². The summed E-state index contributed by atoms with van der Waals surface area (Å²) in [6, 6.07) is 6.08. The van der Waals surface area contributed by atoms with Gasteiger partial charge in [-0.1, -0.05) is 18.2 Å². The Morgan fingerprint density at radius 3 is 2.58 bits per heavy atom. The zero-order valence-electron chi connectivity index (χ0n) is 6.92. The van der Waals surface area contributed by atoms with Gasteiger partial charge in [-0.2, -0.15) is 0 Å². The number of nitrogens with two attached hydrogens (primary N) is 1. The Balaban J connectivity index is 3.10. The average molecular weight is 169 g/mol. The van der Waals surface area contributed by atoms with Gasteiger partial charge in [-0.25, -0.2) is 4.39 Å². The van der Waals surface area contributed by atoms with E-state index in [4.69, 9.17) is 5.73 Å². The average Bonchev–Trinajstić information content (AvgIpc) is 2.05. The molecule has 1 atom stereocenters. The molecule has 1 unspecified atom stereocenters. The van der Waals surface area contributed by atoms with Crippen LogP contribution in [0.25, 0.3) is 0 Å². The molecule has 0 aliphatic rings. The summed E-state index contributed by atoms with van der Waals surface area (Å²) in [6.07, 6.45) is 0. The lowest BCUT2D eigenvalue weighted by Crippen LogP contribution is -2.32. The maximum absolute atomic E-state index is 13.1. The highest BCUT2D eigenvalue weighted by molar-refractivity contribution is 5.23. The summed E-state index contributed by atoms with van der Waals surface area (Å²) < 4.78 is 13.1. The minimum absolute atomic E-state index is 0.00787. The highest BCUT2D eigenvalue weighted by atomic mass is 19.1. The van der Waals surface area contributed by atoms with Gasteiger partial charge in [0.05, 0.1) is 0 Å². The molecule has 0 fully saturated rings. The Bertz CT molecular complexity index is 273. The fourth-order valence-electron chi connectivity index (χ4n) is 1.01. The first-order valence-corrected chi connectivity index (χ1v) is 3.75. The van der Waals surface area contributed by atoms with Gasteiger partial charge in [0, 0.05) is 12.1 Å². The lowest BCUT2D eigenvalue weighted by molar-refractivity contribution is 0.0629. The molecule has 1 aromatic carbocycles. The molecule has 0 amide bonds. The van der Waals surface area contributed by atoms with E-state index in [-0.39, 0.29) is 12.1 Å². The number of hydrogen-bond acceptors (Lipinski definition) is 2. The van der Waals surface area contributed by atoms with Crippen LogP contribution in [0, 0.1) is 5.82 Å². The molecule has 0 aliphatic carbocycles. The standard InChI is InChI=1S/C9H12FNO/c1-9(12,6-11)7-4-2-3-5-8(7)10/h2-5,12H,6,11H2,1H3. The van der Waals surface area contributed by atoms with Gasteiger partial charge in [0.15, 0.2) is 0 Å². The van der Waals surface area contributed by atoms with Crippen LogP contribution in [0.3, 0.4) is 0 Å². The molecular formula is C9H12FNO. The quantitative estimate of drug-likeness (QED) is 0.693. The molecular weight excluding hydrogens is 157 g/mol. The molecule has 0 radical (unpaired) electrons. The van der Waals surface area contributed by atoms with Crippen LogP contribution >= 0.6 is 0 Å². The van der Waals surface area contributed by atoms with E-state index in [0.29, 0.717) is 0 Å². The topological polar surface area (TPSA) is 46.2 Å². The van der Waals surface area contributed by atoms with Gasteiger partial charge in [0.25, 0.3) is 0 Å². The molecule has 1 rings (SSSR count). The second-order valence-corrected chi connectivity index (χ2v) is 2.96. The van der Waals surface area contributed by atoms with Crippen molar-refractivity contribution in [3.05, 3.63) is 35.6 Å². The fraction of sp³-hybridized carbons (Fsp3) is 0.333. The van der Waals surface area contributed by atoms with Gasteiger partial charge in [-0.15, -0.1) is 0 Å². The molecule has 3 N–H and O–H groups in total. The predicted molar refractivity (Wildman–Crippen MR) is 45.0 cm³/mol. The van der Waals surface area contributed by atoms with Crippen LogP contribution in [0.1, 0.15) is 12.5 Å². The third-order valence-corrected chi connectivity index (χ3v) is 1.85. The summed E-state index contributed by atoms with van der Waals surface area (Å²) in [5.74, 6) is -0.423. The molecule has 3 heteroatoms. The predicted octanol–water partition coefficient (Wildman–Crippen LogP) is 0.992. The maximum Gasteiger partial charge on any atom is 0.129 e. The normalized spacial score (nSPS) is 15.7. The second kappa shape index (κ2) is 3.21. The van der Waals surface area contributed by atoms with Gasteiger partial charge < -0.3 is 10.8 Å². The van der Waals surface area contributed by atoms with E-state index in [2.05, 4.69) is 0 Å². The summed E-state index contributed by atoms with van der Waals surface area (Å²) in [5, 5.41) is 9.61. The van der Waals surface area contributed by atoms with E-state index in [1.54, 1.807) is 12.1 Å². The third kappa shape index (κ3) is 1.62. The summed E-state index contributed by atoms with van der Waals surface area (Å²) in [5.41, 5.74) is 4.26. The van der Waals surface area contributed by atoms with Crippen LogP contribution in [0.15, 0.2) is 24.3 Å². The zero-order chi connectivity index (χ0) is 9.19. The van der Waals surface area contributed by atoms with Crippen molar-refractivity contribution < 1.29 is 9.50 Å². The second-order valence-electron chi connectivity index (χ2n) is 2.96. The van der Waals surface area contributed by atoms with E-state index < -0.39 is 11.4 Å². The summed E-state index contributed by atoms with van der Waals surface area (Å²) in [7, 11) is 0. The van der Waals surface area contributed by atoms with Crippen LogP contribution < -0.4 is 5.73 Å². The molecule has 12 heavy (non-hydrogen) atoms. The van der Waals surface area contributed by atoms with Crippen LogP contribution in [0.4, 0.5) is 4.39 Å². The lowest BCUT2D eigenvalue weighted by Gasteiger charge is -2.21. The summed E-state index contributed by atoms with van der Waals surface area (Å²) in [6.45, 7) is 1.50. The minimum Gasteiger partial charge on any atom is -0.384 e. The molecule has 0 heterocycles. The van der Waals surface area contributed by atoms with Gasteiger partial charge in [0.2, 0.25) is 0 Å². The molecule has 0 spiro atoms. The van der Waals surface area contributed by atoms with Crippen molar-refractivity contribution >= 4 is 0 Å². The highest BCUT2D eigenvalue weighted by Gasteiger charge is 2.23. The van der Waals surface area contributed by atoms with Crippen molar-refractivity contribution in [3.8, 4) is 0 Å². The van der Waals surface area contributed by atoms with E-state index >= 15 is 0 Å². The molecule has 0 saturated heterocycles. The number of rotatable bonds is 2. The van der Waals surface area contributed by atoms with Crippen molar-refractivity contribution in [3.63, 3.8) is 0 Å². The van der Waals surface area contributed by atoms with Gasteiger partial charge >= 0.3 is 0 Å². The molecule has 2 nitrogen and oxygen atoms in total. The van der Waals surface area contributed by atoms with E-state index in [0.717, 1.165) is 0 Å². The first kappa shape index (κ1) is 9.16. The van der Waals surface area contributed by atoms with Crippen molar-refractivity contribution in [2.75, 3.05) is 6.54 Å². The minimum atomic E-state index is -1.27. The fourth-order valence-corrected chi connectivity index (χ4v) is 1.01. The number of benzene rings is 1. The van der Waals surface area contributed by atoms with Gasteiger partial charge in [-0.3, -0.25) is 0 Å². The van der Waals surface area contributed by atoms with Crippen molar-refractivity contribution in [2.24, 2.45) is 5.73 Å². The van der Waals surface area contributed by atoms with E-state index in [9.17, 15) is 9.50 Å². The van der Waals surface area contributed by atoms with E-state index in [1.165, 1.54) is 19.1 Å². The van der Waals surface area contributed by atoms with Crippen LogP contribution in [-0.4, -0.2) is 11.7 Å². The molecule has 0 aliphatic heterocycles. The molecule has 1 aromatic rings. The smallest absolute Gasteiger partial charge is 0.129 e. The molecule has 0 aromatic heterocycles. The number of aliphatic hydroxyl groups is 1. The van der Waals surface area contributed by atoms with E-state index in [1.807, 2.05) is 0 Å². The molecule has 0 bridgehead atoms. The third-order valence-electron chi connectivity index (χ3n) is 1.85. The van der Waals surface area contributed by atoms with Crippen molar-refractivity contribution in [1.82, 2.24) is 0 Å². The van der Waals surface area contributed by atoms with Gasteiger partial charge in [-0.05, 0) is 13.0 Å². The Labute approximate surface area is 70.8 Å². The largest absolute Gasteiger partial charge is 0.384 e. The lowest BCUT2D eigenvalue weighted by atomic mass is 9.96. The number of hydrogen-bond donors (Lipinski definition) is 2. The SMILES string of the molecule is CC(O)(CN)c1ccccc1F. The van der Waals surface area contributed by atoms with Crippen molar-refractivity contribution in [1.29, 1.82) is 0 Å². The Hall–Kier alpha value is -0.930. The van der Waals surface area contributed by atoms with Crippen LogP contribution in [0.2, 0.25) is 0 Å². The Morgan fingerprint density at radius 2 is 2.08 bits per heavy atom. The molecule has 0 saturated carbocycles.